The summed E-state index contributed by atoms with van der Waals surface area (Å²) in [7, 11) is -9.93. The second kappa shape index (κ2) is 82.2. The van der Waals surface area contributed by atoms with Gasteiger partial charge in [-0.15, -0.1) is 0 Å². The molecule has 0 radical (unpaired) electrons. The van der Waals surface area contributed by atoms with Crippen molar-refractivity contribution in [2.75, 3.05) is 39.6 Å². The summed E-state index contributed by atoms with van der Waals surface area (Å²) in [6.45, 7) is 9.68. The Bertz CT molecular complexity index is 2100. The summed E-state index contributed by atoms with van der Waals surface area (Å²) in [6.07, 6.45) is 76.7. The molecule has 0 amide bonds. The van der Waals surface area contributed by atoms with Crippen LogP contribution in [0.4, 0.5) is 0 Å². The molecule has 0 bridgehead atoms. The van der Waals surface area contributed by atoms with Crippen LogP contribution in [0.15, 0.2) is 0 Å². The Labute approximate surface area is 677 Å². The second-order valence-corrected chi connectivity index (χ2v) is 36.6. The van der Waals surface area contributed by atoms with Crippen molar-refractivity contribution in [2.24, 2.45) is 11.8 Å². The molecule has 0 saturated heterocycles. The summed E-state index contributed by atoms with van der Waals surface area (Å²) in [6, 6.07) is 0. The van der Waals surface area contributed by atoms with Crippen molar-refractivity contribution in [3.63, 3.8) is 0 Å². The van der Waals surface area contributed by atoms with Crippen molar-refractivity contribution in [3.05, 3.63) is 0 Å². The van der Waals surface area contributed by atoms with Crippen LogP contribution in [0.2, 0.25) is 0 Å². The third-order valence-corrected chi connectivity index (χ3v) is 23.4. The lowest BCUT2D eigenvalue weighted by atomic mass is 10.0. The van der Waals surface area contributed by atoms with E-state index >= 15 is 0 Å². The minimum absolute atomic E-state index is 0.108. The maximum atomic E-state index is 13.2. The van der Waals surface area contributed by atoms with Gasteiger partial charge in [-0.1, -0.05) is 440 Å². The molecule has 0 saturated carbocycles. The van der Waals surface area contributed by atoms with Crippen LogP contribution in [0.1, 0.15) is 491 Å². The Hall–Kier alpha value is -1.94. The number of carbonyl (C=O) groups excluding carboxylic acids is 4. The molecule has 0 rings (SSSR count). The first kappa shape index (κ1) is 108. The predicted molar refractivity (Wildman–Crippen MR) is 455 cm³/mol. The van der Waals surface area contributed by atoms with Gasteiger partial charge in [0.25, 0.3) is 0 Å². The first-order chi connectivity index (χ1) is 53.4. The summed E-state index contributed by atoms with van der Waals surface area (Å²) in [4.78, 5) is 73.4. The summed E-state index contributed by atoms with van der Waals surface area (Å²) < 4.78 is 69.0. The molecule has 0 fully saturated rings. The number of hydrogen-bond acceptors (Lipinski definition) is 15. The van der Waals surface area contributed by atoms with E-state index in [1.165, 1.54) is 302 Å². The Morgan fingerprint density at radius 1 is 0.245 bits per heavy atom. The number of unbranched alkanes of at least 4 members (excludes halogenated alkanes) is 60. The lowest BCUT2D eigenvalue weighted by Gasteiger charge is -2.21. The van der Waals surface area contributed by atoms with Crippen LogP contribution in [0.5, 0.6) is 0 Å². The van der Waals surface area contributed by atoms with Crippen LogP contribution < -0.4 is 0 Å². The monoisotopic (exact) mass is 1610 g/mol. The van der Waals surface area contributed by atoms with Crippen molar-refractivity contribution >= 4 is 39.5 Å². The number of aliphatic hydroxyl groups excluding tert-OH is 1. The van der Waals surface area contributed by atoms with Gasteiger partial charge in [-0.2, -0.15) is 0 Å². The largest absolute Gasteiger partial charge is 0.472 e. The molecule has 5 atom stereocenters. The van der Waals surface area contributed by atoms with Crippen molar-refractivity contribution in [1.29, 1.82) is 0 Å². The van der Waals surface area contributed by atoms with E-state index in [2.05, 4.69) is 41.5 Å². The molecule has 0 aliphatic carbocycles. The predicted octanol–water partition coefficient (Wildman–Crippen LogP) is 28.2. The van der Waals surface area contributed by atoms with Gasteiger partial charge in [0.15, 0.2) is 12.2 Å². The van der Waals surface area contributed by atoms with E-state index in [1.807, 2.05) is 0 Å². The van der Waals surface area contributed by atoms with E-state index in [9.17, 15) is 43.2 Å². The molecule has 0 aromatic carbocycles. The van der Waals surface area contributed by atoms with Crippen LogP contribution >= 0.6 is 15.6 Å². The fraction of sp³-hybridized carbons (Fsp3) is 0.956. The molecule has 0 aliphatic rings. The van der Waals surface area contributed by atoms with Crippen LogP contribution in [-0.2, 0) is 65.4 Å². The molecular weight excluding hydrogens is 1430 g/mol. The van der Waals surface area contributed by atoms with Gasteiger partial charge in [0.05, 0.1) is 26.4 Å². The molecule has 2 unspecified atom stereocenters. The Morgan fingerprint density at radius 3 is 0.618 bits per heavy atom. The highest BCUT2D eigenvalue weighted by Crippen LogP contribution is 2.45. The molecule has 0 aliphatic heterocycles. The molecule has 19 heteroatoms. The highest BCUT2D eigenvalue weighted by Gasteiger charge is 2.31. The zero-order valence-corrected chi connectivity index (χ0v) is 74.4. The third-order valence-electron chi connectivity index (χ3n) is 21.5. The number of phosphoric ester groups is 2. The lowest BCUT2D eigenvalue weighted by Crippen LogP contribution is -2.30. The molecule has 110 heavy (non-hydrogen) atoms. The lowest BCUT2D eigenvalue weighted by molar-refractivity contribution is -0.161. The molecule has 0 aromatic rings. The highest BCUT2D eigenvalue weighted by atomic mass is 31.2. The number of hydrogen-bond donors (Lipinski definition) is 3. The number of ether oxygens (including phenoxy) is 4. The number of esters is 4. The van der Waals surface area contributed by atoms with Gasteiger partial charge in [0.2, 0.25) is 0 Å². The smallest absolute Gasteiger partial charge is 0.462 e. The molecule has 0 spiro atoms. The summed E-state index contributed by atoms with van der Waals surface area (Å²) >= 11 is 0. The highest BCUT2D eigenvalue weighted by molar-refractivity contribution is 7.47. The minimum atomic E-state index is -4.97. The SMILES string of the molecule is CCCCCCCCCCCCCCCCCCCCCCCCC(=O)O[C@H](COC(=O)CCCCCCCCCCCCCCCCCCC(C)C)COP(=O)(O)OC[C@@H](O)COP(=O)(O)OC[C@@H](COC(=O)CCCCCCCCCC(C)C)OC(=O)CCCCCCCCCCCCCCCCCCCCC. The fourth-order valence-corrected chi connectivity index (χ4v) is 15.9. The van der Waals surface area contributed by atoms with E-state index in [0.29, 0.717) is 31.6 Å². The van der Waals surface area contributed by atoms with Crippen molar-refractivity contribution in [1.82, 2.24) is 0 Å². The van der Waals surface area contributed by atoms with E-state index in [1.54, 1.807) is 0 Å². The molecule has 0 aromatic heterocycles. The first-order valence-electron chi connectivity index (χ1n) is 47.0. The second-order valence-electron chi connectivity index (χ2n) is 33.6. The molecule has 0 heterocycles. The average Bonchev–Trinajstić information content (AvgIpc) is 0.898. The summed E-state index contributed by atoms with van der Waals surface area (Å²) in [5, 5.41) is 10.7. The number of rotatable bonds is 90. The van der Waals surface area contributed by atoms with Crippen LogP contribution in [0, 0.1) is 11.8 Å². The average molecular weight is 1610 g/mol. The van der Waals surface area contributed by atoms with Crippen LogP contribution in [0.3, 0.4) is 0 Å². The topological polar surface area (TPSA) is 237 Å². The molecule has 3 N–H and O–H groups in total. The Kier molecular flexibility index (Phi) is 80.7. The molecule has 17 nitrogen and oxygen atoms in total. The number of aliphatic hydroxyl groups is 1. The fourth-order valence-electron chi connectivity index (χ4n) is 14.3. The molecule has 654 valence electrons. The third kappa shape index (κ3) is 84.0. The van der Waals surface area contributed by atoms with Gasteiger partial charge < -0.3 is 33.8 Å². The van der Waals surface area contributed by atoms with Crippen molar-refractivity contribution in [2.45, 2.75) is 509 Å². The Morgan fingerprint density at radius 2 is 0.418 bits per heavy atom. The summed E-state index contributed by atoms with van der Waals surface area (Å²) in [5.74, 6) is -0.581. The van der Waals surface area contributed by atoms with Crippen molar-refractivity contribution < 1.29 is 80.2 Å². The quantitative estimate of drug-likeness (QED) is 0.0222. The van der Waals surface area contributed by atoms with Gasteiger partial charge >= 0.3 is 39.5 Å². The van der Waals surface area contributed by atoms with Crippen LogP contribution in [-0.4, -0.2) is 96.7 Å². The van der Waals surface area contributed by atoms with Gasteiger partial charge in [-0.25, -0.2) is 9.13 Å². The van der Waals surface area contributed by atoms with Gasteiger partial charge in [-0.3, -0.25) is 37.3 Å². The first-order valence-corrected chi connectivity index (χ1v) is 50.0. The standard InChI is InChI=1S/C91H178O17P2/c1-7-9-11-13-15-17-19-21-23-25-27-28-29-31-33-39-43-47-51-57-64-69-75-90(95)107-86(79-101-88(93)73-67-61-55-49-45-41-37-35-34-36-40-44-48-53-59-65-71-83(3)4)81-105-109(97,98)103-77-85(92)78-104-110(99,100)106-82-87(80-102-89(94)74-68-62-58-52-54-60-66-72-84(5)6)108-91(96)76-70-63-56-50-46-42-38-32-30-26-24-22-20-18-16-14-12-10-8-2/h83-87,92H,7-82H2,1-6H3,(H,97,98)(H,99,100)/t85-,86-,87-/m1/s1. The Balaban J connectivity index is 5.21. The van der Waals surface area contributed by atoms with E-state index in [0.717, 1.165) is 102 Å². The van der Waals surface area contributed by atoms with E-state index < -0.39 is 97.5 Å². The van der Waals surface area contributed by atoms with Gasteiger partial charge in [-0.05, 0) is 37.5 Å². The zero-order chi connectivity index (χ0) is 80.6. The van der Waals surface area contributed by atoms with Crippen molar-refractivity contribution in [3.8, 4) is 0 Å². The molecular formula is C91H178O17P2. The zero-order valence-electron chi connectivity index (χ0n) is 72.6. The van der Waals surface area contributed by atoms with E-state index in [-0.39, 0.29) is 25.7 Å². The normalized spacial score (nSPS) is 13.7. The summed E-state index contributed by atoms with van der Waals surface area (Å²) in [5.41, 5.74) is 0. The number of phosphoric acid groups is 2. The number of carbonyl (C=O) groups is 4. The van der Waals surface area contributed by atoms with Gasteiger partial charge in [0, 0.05) is 25.7 Å². The maximum absolute atomic E-state index is 13.2. The van der Waals surface area contributed by atoms with Crippen LogP contribution in [0.25, 0.3) is 0 Å². The maximum Gasteiger partial charge on any atom is 0.472 e. The van der Waals surface area contributed by atoms with Gasteiger partial charge in [0.1, 0.15) is 19.3 Å². The van der Waals surface area contributed by atoms with E-state index in [4.69, 9.17) is 37.0 Å². The minimum Gasteiger partial charge on any atom is -0.462 e.